The molecule has 2 aromatic rings. The van der Waals surface area contributed by atoms with Gasteiger partial charge in [-0.05, 0) is 44.2 Å². The van der Waals surface area contributed by atoms with Gasteiger partial charge in [-0.3, -0.25) is 0 Å². The van der Waals surface area contributed by atoms with E-state index in [4.69, 9.17) is 60.6 Å². The Morgan fingerprint density at radius 2 is 1.52 bits per heavy atom. The van der Waals surface area contributed by atoms with Gasteiger partial charge in [0.2, 0.25) is 0 Å². The summed E-state index contributed by atoms with van der Waals surface area (Å²) in [6.07, 6.45) is 1.61. The van der Waals surface area contributed by atoms with E-state index < -0.39 is 0 Å². The van der Waals surface area contributed by atoms with Gasteiger partial charge < -0.3 is 14.2 Å². The first-order chi connectivity index (χ1) is 11.8. The normalized spacial score (nSPS) is 10.5. The third-order valence-corrected chi connectivity index (χ3v) is 3.79. The van der Waals surface area contributed by atoms with Crippen molar-refractivity contribution < 1.29 is 14.2 Å². The van der Waals surface area contributed by atoms with Gasteiger partial charge in [0.1, 0.15) is 34.1 Å². The van der Waals surface area contributed by atoms with Crippen molar-refractivity contribution in [3.05, 3.63) is 57.0 Å². The fourth-order valence-electron chi connectivity index (χ4n) is 1.88. The van der Waals surface area contributed by atoms with Gasteiger partial charge in [-0.25, -0.2) is 0 Å². The Labute approximate surface area is 167 Å². The minimum atomic E-state index is 0.107. The quantitative estimate of drug-likeness (QED) is 0.470. The monoisotopic (exact) mass is 420 g/mol. The molecule has 0 fully saturated rings. The molecule has 25 heavy (non-hydrogen) atoms. The predicted molar refractivity (Wildman–Crippen MR) is 104 cm³/mol. The second-order valence-corrected chi connectivity index (χ2v) is 7.08. The summed E-state index contributed by atoms with van der Waals surface area (Å²) in [6, 6.07) is 10.4. The fraction of sp³-hybridized carbons (Fsp3) is 0.222. The first kappa shape index (κ1) is 20.1. The van der Waals surface area contributed by atoms with Crippen molar-refractivity contribution >= 4 is 46.4 Å². The molecule has 0 aromatic heterocycles. The maximum atomic E-state index is 6.24. The molecule has 0 aliphatic carbocycles. The molecule has 0 heterocycles. The van der Waals surface area contributed by atoms with Crippen molar-refractivity contribution in [3.8, 4) is 23.0 Å². The third-order valence-electron chi connectivity index (χ3n) is 2.89. The van der Waals surface area contributed by atoms with Crippen LogP contribution in [0.2, 0.25) is 10.0 Å². The summed E-state index contributed by atoms with van der Waals surface area (Å²) in [5, 5.41) is 0.723. The second-order valence-electron chi connectivity index (χ2n) is 5.26. The molecule has 0 aliphatic rings. The lowest BCUT2D eigenvalue weighted by atomic mass is 10.3. The molecule has 0 bridgehead atoms. The average molecular weight is 422 g/mol. The van der Waals surface area contributed by atoms with Crippen molar-refractivity contribution in [1.82, 2.24) is 0 Å². The van der Waals surface area contributed by atoms with Crippen LogP contribution in [-0.4, -0.2) is 12.7 Å². The molecule has 0 aliphatic heterocycles. The molecule has 2 aromatic carbocycles. The molecular weight excluding hydrogens is 406 g/mol. The average Bonchev–Trinajstić information content (AvgIpc) is 2.53. The van der Waals surface area contributed by atoms with Gasteiger partial charge in [0.05, 0.1) is 16.1 Å². The first-order valence-electron chi connectivity index (χ1n) is 7.42. The summed E-state index contributed by atoms with van der Waals surface area (Å²) in [6.45, 7) is 4.11. The first-order valence-corrected chi connectivity index (χ1v) is 8.94. The van der Waals surface area contributed by atoms with E-state index in [0.29, 0.717) is 27.3 Å². The molecular formula is C18H16Cl4O3. The van der Waals surface area contributed by atoms with E-state index in [2.05, 4.69) is 0 Å². The summed E-state index contributed by atoms with van der Waals surface area (Å²) in [7, 11) is 0. The smallest absolute Gasteiger partial charge is 0.147 e. The maximum Gasteiger partial charge on any atom is 0.147 e. The highest BCUT2D eigenvalue weighted by atomic mass is 35.5. The number of hydrogen-bond donors (Lipinski definition) is 0. The van der Waals surface area contributed by atoms with Crippen LogP contribution in [-0.2, 0) is 0 Å². The van der Waals surface area contributed by atoms with E-state index >= 15 is 0 Å². The fourth-order valence-corrected chi connectivity index (χ4v) is 2.41. The van der Waals surface area contributed by atoms with E-state index in [1.54, 1.807) is 24.3 Å². The number of halogens is 4. The zero-order valence-electron chi connectivity index (χ0n) is 13.6. The van der Waals surface area contributed by atoms with Crippen molar-refractivity contribution in [2.45, 2.75) is 20.0 Å². The Hall–Kier alpha value is -1.26. The Morgan fingerprint density at radius 3 is 2.12 bits per heavy atom. The van der Waals surface area contributed by atoms with Gasteiger partial charge in [-0.1, -0.05) is 46.4 Å². The lowest BCUT2D eigenvalue weighted by Gasteiger charge is -2.13. The molecule has 0 radical (unpaired) electrons. The number of rotatable bonds is 7. The van der Waals surface area contributed by atoms with Crippen LogP contribution in [0.4, 0.5) is 0 Å². The van der Waals surface area contributed by atoms with Crippen LogP contribution in [0.5, 0.6) is 23.0 Å². The van der Waals surface area contributed by atoms with Crippen molar-refractivity contribution in [3.63, 3.8) is 0 Å². The Bertz CT molecular complexity index is 739. The molecule has 7 heteroatoms. The molecule has 134 valence electrons. The SMILES string of the molecule is CC(C)Oc1ccc(Oc2cc(Cl)c(OCC=C(Cl)Cl)cc2Cl)cc1. The minimum absolute atomic E-state index is 0.107. The third kappa shape index (κ3) is 6.52. The molecule has 0 unspecified atom stereocenters. The lowest BCUT2D eigenvalue weighted by molar-refractivity contribution is 0.242. The van der Waals surface area contributed by atoms with Crippen LogP contribution in [0.3, 0.4) is 0 Å². The highest BCUT2D eigenvalue weighted by Crippen LogP contribution is 2.38. The number of ether oxygens (including phenoxy) is 3. The van der Waals surface area contributed by atoms with E-state index in [1.807, 2.05) is 26.0 Å². The molecule has 0 saturated carbocycles. The molecule has 0 saturated heterocycles. The van der Waals surface area contributed by atoms with Crippen LogP contribution < -0.4 is 14.2 Å². The highest BCUT2D eigenvalue weighted by molar-refractivity contribution is 6.55. The van der Waals surface area contributed by atoms with Gasteiger partial charge in [-0.15, -0.1) is 0 Å². The van der Waals surface area contributed by atoms with Gasteiger partial charge in [0.15, 0.2) is 0 Å². The molecule has 2 rings (SSSR count). The minimum Gasteiger partial charge on any atom is -0.491 e. The molecule has 0 spiro atoms. The van der Waals surface area contributed by atoms with Crippen LogP contribution in [0, 0.1) is 0 Å². The summed E-state index contributed by atoms with van der Waals surface area (Å²) >= 11 is 23.5. The molecule has 0 amide bonds. The van der Waals surface area contributed by atoms with Gasteiger partial charge >= 0.3 is 0 Å². The summed E-state index contributed by atoms with van der Waals surface area (Å²) in [5.74, 6) is 2.20. The Kier molecular flexibility index (Phi) is 7.57. The summed E-state index contributed by atoms with van der Waals surface area (Å²) in [4.78, 5) is 0. The van der Waals surface area contributed by atoms with Crippen LogP contribution >= 0.6 is 46.4 Å². The summed E-state index contributed by atoms with van der Waals surface area (Å²) < 4.78 is 16.9. The topological polar surface area (TPSA) is 27.7 Å². The van der Waals surface area contributed by atoms with Crippen LogP contribution in [0.15, 0.2) is 47.0 Å². The van der Waals surface area contributed by atoms with E-state index in [9.17, 15) is 0 Å². The van der Waals surface area contributed by atoms with Crippen molar-refractivity contribution in [1.29, 1.82) is 0 Å². The molecule has 0 atom stereocenters. The standard InChI is InChI=1S/C18H16Cl4O3/c1-11(2)24-12-3-5-13(6-4-12)25-17-10-14(19)16(9-15(17)20)23-8-7-18(21)22/h3-7,9-11H,8H2,1-2H3. The predicted octanol–water partition coefficient (Wildman–Crippen LogP) is 7.27. The van der Waals surface area contributed by atoms with E-state index in [0.717, 1.165) is 5.75 Å². The zero-order chi connectivity index (χ0) is 18.4. The maximum absolute atomic E-state index is 6.24. The molecule has 3 nitrogen and oxygen atoms in total. The molecule has 0 N–H and O–H groups in total. The largest absolute Gasteiger partial charge is 0.491 e. The van der Waals surface area contributed by atoms with E-state index in [-0.39, 0.29) is 17.2 Å². The van der Waals surface area contributed by atoms with Crippen LogP contribution in [0.25, 0.3) is 0 Å². The Balaban J connectivity index is 2.09. The van der Waals surface area contributed by atoms with Gasteiger partial charge in [0.25, 0.3) is 0 Å². The summed E-state index contributed by atoms with van der Waals surface area (Å²) in [5.41, 5.74) is 0. The van der Waals surface area contributed by atoms with Crippen LogP contribution in [0.1, 0.15) is 13.8 Å². The number of benzene rings is 2. The number of hydrogen-bond acceptors (Lipinski definition) is 3. The zero-order valence-corrected chi connectivity index (χ0v) is 16.6. The van der Waals surface area contributed by atoms with E-state index in [1.165, 1.54) is 6.08 Å². The second kappa shape index (κ2) is 9.44. The Morgan fingerprint density at radius 1 is 0.960 bits per heavy atom. The van der Waals surface area contributed by atoms with Gasteiger partial charge in [-0.2, -0.15) is 0 Å². The lowest BCUT2D eigenvalue weighted by Crippen LogP contribution is -2.05. The van der Waals surface area contributed by atoms with Crippen molar-refractivity contribution in [2.75, 3.05) is 6.61 Å². The highest BCUT2D eigenvalue weighted by Gasteiger charge is 2.11. The van der Waals surface area contributed by atoms with Crippen molar-refractivity contribution in [2.24, 2.45) is 0 Å². The van der Waals surface area contributed by atoms with Gasteiger partial charge in [0, 0.05) is 12.1 Å².